The summed E-state index contributed by atoms with van der Waals surface area (Å²) >= 11 is 0. The summed E-state index contributed by atoms with van der Waals surface area (Å²) in [6, 6.07) is 0. The van der Waals surface area contributed by atoms with Gasteiger partial charge < -0.3 is 0 Å². The first-order chi connectivity index (χ1) is 13.7. The molecule has 8 unspecified atom stereocenters. The Morgan fingerprint density at radius 2 is 1.69 bits per heavy atom. The minimum atomic E-state index is 0.314. The Balaban J connectivity index is 1.53. The van der Waals surface area contributed by atoms with Crippen molar-refractivity contribution in [3.63, 3.8) is 0 Å². The van der Waals surface area contributed by atoms with Crippen molar-refractivity contribution in [2.75, 3.05) is 0 Å². The van der Waals surface area contributed by atoms with Crippen LogP contribution in [0.3, 0.4) is 0 Å². The standard InChI is InChI=1S/C28H44O/c1-18(2)19(3)7-8-20(4)24-11-12-25-23-10-9-21-17-22(29)13-15-27(21,5)26(23)14-16-28(24,25)6/h7-8,17-20,23-26H,9-16H2,1-6H3/b8-7+. The van der Waals surface area contributed by atoms with E-state index in [1.54, 1.807) is 0 Å². The Morgan fingerprint density at radius 3 is 2.41 bits per heavy atom. The van der Waals surface area contributed by atoms with Crippen molar-refractivity contribution in [3.8, 4) is 0 Å². The minimum Gasteiger partial charge on any atom is -0.295 e. The highest BCUT2D eigenvalue weighted by atomic mass is 16.1. The molecule has 0 aromatic heterocycles. The van der Waals surface area contributed by atoms with Crippen LogP contribution in [0.25, 0.3) is 0 Å². The van der Waals surface area contributed by atoms with Crippen molar-refractivity contribution in [1.29, 1.82) is 0 Å². The molecule has 0 heterocycles. The number of carbonyl (C=O) groups excluding carboxylic acids is 1. The molecule has 162 valence electrons. The van der Waals surface area contributed by atoms with Crippen LogP contribution >= 0.6 is 0 Å². The fourth-order valence-corrected chi connectivity index (χ4v) is 8.17. The van der Waals surface area contributed by atoms with Crippen LogP contribution in [0.2, 0.25) is 0 Å². The number of fused-ring (bicyclic) bond motifs is 5. The highest BCUT2D eigenvalue weighted by Gasteiger charge is 2.59. The van der Waals surface area contributed by atoms with E-state index in [0.717, 1.165) is 42.4 Å². The Hall–Kier alpha value is -0.850. The molecule has 0 radical (unpaired) electrons. The molecule has 4 aliphatic carbocycles. The third-order valence-corrected chi connectivity index (χ3v) is 10.4. The van der Waals surface area contributed by atoms with Gasteiger partial charge in [-0.15, -0.1) is 0 Å². The lowest BCUT2D eigenvalue weighted by Crippen LogP contribution is -2.50. The smallest absolute Gasteiger partial charge is 0.155 e. The zero-order valence-electron chi connectivity index (χ0n) is 19.8. The number of rotatable bonds is 4. The number of carbonyl (C=O) groups is 1. The van der Waals surface area contributed by atoms with Crippen LogP contribution in [-0.2, 0) is 4.79 Å². The van der Waals surface area contributed by atoms with Gasteiger partial charge in [0.05, 0.1) is 0 Å². The zero-order chi connectivity index (χ0) is 21.0. The van der Waals surface area contributed by atoms with Crippen LogP contribution in [0, 0.1) is 52.3 Å². The second kappa shape index (κ2) is 7.69. The summed E-state index contributed by atoms with van der Waals surface area (Å²) in [5.41, 5.74) is 2.34. The highest BCUT2D eigenvalue weighted by molar-refractivity contribution is 5.91. The Morgan fingerprint density at radius 1 is 0.931 bits per heavy atom. The summed E-state index contributed by atoms with van der Waals surface area (Å²) in [6.45, 7) is 14.7. The van der Waals surface area contributed by atoms with Crippen molar-refractivity contribution in [2.45, 2.75) is 92.9 Å². The summed E-state index contributed by atoms with van der Waals surface area (Å²) in [7, 11) is 0. The molecule has 0 N–H and O–H groups in total. The second-order valence-corrected chi connectivity index (χ2v) is 12.0. The van der Waals surface area contributed by atoms with Gasteiger partial charge in [0.25, 0.3) is 0 Å². The van der Waals surface area contributed by atoms with Gasteiger partial charge in [-0.25, -0.2) is 0 Å². The van der Waals surface area contributed by atoms with Gasteiger partial charge in [0.1, 0.15) is 0 Å². The summed E-state index contributed by atoms with van der Waals surface area (Å²) < 4.78 is 0. The summed E-state index contributed by atoms with van der Waals surface area (Å²) in [5, 5.41) is 0. The fraction of sp³-hybridized carbons (Fsp3) is 0.821. The fourth-order valence-electron chi connectivity index (χ4n) is 8.17. The molecule has 3 saturated carbocycles. The van der Waals surface area contributed by atoms with Crippen molar-refractivity contribution in [1.82, 2.24) is 0 Å². The molecule has 4 aliphatic rings. The average molecular weight is 397 g/mol. The van der Waals surface area contributed by atoms with Gasteiger partial charge in [-0.3, -0.25) is 4.79 Å². The minimum absolute atomic E-state index is 0.314. The van der Waals surface area contributed by atoms with Crippen molar-refractivity contribution >= 4 is 5.78 Å². The van der Waals surface area contributed by atoms with Crippen LogP contribution < -0.4 is 0 Å². The van der Waals surface area contributed by atoms with E-state index in [-0.39, 0.29) is 0 Å². The van der Waals surface area contributed by atoms with Crippen LogP contribution in [0.1, 0.15) is 92.9 Å². The quantitative estimate of drug-likeness (QED) is 0.447. The van der Waals surface area contributed by atoms with Crippen molar-refractivity contribution in [2.24, 2.45) is 52.3 Å². The topological polar surface area (TPSA) is 17.1 Å². The molecule has 3 fully saturated rings. The molecular weight excluding hydrogens is 352 g/mol. The molecule has 1 nitrogen and oxygen atoms in total. The van der Waals surface area contributed by atoms with Gasteiger partial charge in [-0.2, -0.15) is 0 Å². The lowest BCUT2D eigenvalue weighted by Gasteiger charge is -2.58. The number of hydrogen-bond donors (Lipinski definition) is 0. The second-order valence-electron chi connectivity index (χ2n) is 12.0. The number of allylic oxidation sites excluding steroid dienone is 3. The summed E-state index contributed by atoms with van der Waals surface area (Å²) in [6.07, 6.45) is 17.2. The lowest BCUT2D eigenvalue weighted by atomic mass is 9.46. The van der Waals surface area contributed by atoms with E-state index >= 15 is 0 Å². The third kappa shape index (κ3) is 3.49. The van der Waals surface area contributed by atoms with E-state index < -0.39 is 0 Å². The molecule has 0 aromatic rings. The van der Waals surface area contributed by atoms with E-state index in [1.165, 1.54) is 44.1 Å². The summed E-state index contributed by atoms with van der Waals surface area (Å²) in [4.78, 5) is 12.0. The SMILES string of the molecule is CC(C)C(C)/C=C/C(C)C1CCC2C3CCC4=CC(=O)CCC4(C)C3CCC12C. The first-order valence-corrected chi connectivity index (χ1v) is 12.6. The van der Waals surface area contributed by atoms with E-state index in [2.05, 4.69) is 53.7 Å². The molecule has 0 aromatic carbocycles. The monoisotopic (exact) mass is 396 g/mol. The van der Waals surface area contributed by atoms with E-state index in [9.17, 15) is 4.79 Å². The third-order valence-electron chi connectivity index (χ3n) is 10.4. The predicted molar refractivity (Wildman–Crippen MR) is 123 cm³/mol. The highest BCUT2D eigenvalue weighted by Crippen LogP contribution is 2.67. The van der Waals surface area contributed by atoms with Crippen LogP contribution in [0.4, 0.5) is 0 Å². The molecule has 0 aliphatic heterocycles. The maximum Gasteiger partial charge on any atom is 0.155 e. The first kappa shape index (κ1) is 21.4. The van der Waals surface area contributed by atoms with Gasteiger partial charge >= 0.3 is 0 Å². The number of hydrogen-bond acceptors (Lipinski definition) is 1. The number of ketones is 1. The molecule has 4 rings (SSSR count). The maximum absolute atomic E-state index is 12.0. The Kier molecular flexibility index (Phi) is 5.67. The molecule has 8 atom stereocenters. The van der Waals surface area contributed by atoms with Gasteiger partial charge in [0.2, 0.25) is 0 Å². The normalized spacial score (nSPS) is 44.2. The lowest BCUT2D eigenvalue weighted by molar-refractivity contribution is -0.117. The van der Waals surface area contributed by atoms with Crippen molar-refractivity contribution < 1.29 is 4.79 Å². The molecule has 0 bridgehead atoms. The van der Waals surface area contributed by atoms with Gasteiger partial charge in [0.15, 0.2) is 5.78 Å². The summed E-state index contributed by atoms with van der Waals surface area (Å²) in [5.74, 6) is 5.95. The van der Waals surface area contributed by atoms with Crippen LogP contribution in [0.15, 0.2) is 23.8 Å². The molecular formula is C28H44O. The molecule has 29 heavy (non-hydrogen) atoms. The first-order valence-electron chi connectivity index (χ1n) is 12.6. The van der Waals surface area contributed by atoms with Crippen molar-refractivity contribution in [3.05, 3.63) is 23.8 Å². The Bertz CT molecular complexity index is 699. The van der Waals surface area contributed by atoms with E-state index in [4.69, 9.17) is 0 Å². The van der Waals surface area contributed by atoms with Gasteiger partial charge in [-0.05, 0) is 103 Å². The maximum atomic E-state index is 12.0. The molecule has 0 amide bonds. The van der Waals surface area contributed by atoms with E-state index in [1.807, 2.05) is 6.08 Å². The zero-order valence-corrected chi connectivity index (χ0v) is 19.8. The predicted octanol–water partition coefficient (Wildman–Crippen LogP) is 7.62. The average Bonchev–Trinajstić information content (AvgIpc) is 3.03. The van der Waals surface area contributed by atoms with Gasteiger partial charge in [0, 0.05) is 6.42 Å². The van der Waals surface area contributed by atoms with Crippen LogP contribution in [-0.4, -0.2) is 5.78 Å². The molecule has 0 saturated heterocycles. The van der Waals surface area contributed by atoms with Gasteiger partial charge in [-0.1, -0.05) is 59.3 Å². The molecule has 1 heteroatoms. The molecule has 0 spiro atoms. The Labute approximate surface area is 179 Å². The van der Waals surface area contributed by atoms with E-state index in [0.29, 0.717) is 28.4 Å². The largest absolute Gasteiger partial charge is 0.295 e. The van der Waals surface area contributed by atoms with Crippen LogP contribution in [0.5, 0.6) is 0 Å².